The van der Waals surface area contributed by atoms with E-state index in [1.54, 1.807) is 0 Å². The van der Waals surface area contributed by atoms with Crippen LogP contribution in [0.15, 0.2) is 119 Å². The van der Waals surface area contributed by atoms with Crippen molar-refractivity contribution in [2.24, 2.45) is 38.7 Å². The van der Waals surface area contributed by atoms with E-state index >= 15 is 0 Å². The number of hydrogen-bond donors (Lipinski definition) is 8. The lowest BCUT2D eigenvalue weighted by molar-refractivity contribution is -0.132. The fraction of sp³-hybridized carbons (Fsp3) is 0.341. The van der Waals surface area contributed by atoms with Gasteiger partial charge in [-0.05, 0) is 84.7 Å². The van der Waals surface area contributed by atoms with E-state index in [9.17, 15) is 14.4 Å². The van der Waals surface area contributed by atoms with Gasteiger partial charge in [-0.25, -0.2) is 0 Å². The molecule has 1 aliphatic rings. The Labute approximate surface area is 335 Å². The zero-order chi connectivity index (χ0) is 40.6. The summed E-state index contributed by atoms with van der Waals surface area (Å²) < 4.78 is 0. The molecule has 13 heteroatoms. The molecule has 300 valence electrons. The number of hydrogen-bond acceptors (Lipinski definition) is 6. The van der Waals surface area contributed by atoms with Crippen molar-refractivity contribution in [1.29, 1.82) is 0 Å². The van der Waals surface area contributed by atoms with E-state index in [1.165, 1.54) is 0 Å². The van der Waals surface area contributed by atoms with Gasteiger partial charge < -0.3 is 44.6 Å². The molecule has 0 aromatic heterocycles. The van der Waals surface area contributed by atoms with Crippen molar-refractivity contribution in [2.75, 3.05) is 6.54 Å². The van der Waals surface area contributed by atoms with E-state index in [1.807, 2.05) is 84.9 Å². The number of rotatable bonds is 18. The van der Waals surface area contributed by atoms with Gasteiger partial charge in [0.15, 0.2) is 11.9 Å². The molecule has 5 rings (SSSR count). The van der Waals surface area contributed by atoms with Crippen LogP contribution >= 0.6 is 0 Å². The Morgan fingerprint density at radius 2 is 1.12 bits per heavy atom. The van der Waals surface area contributed by atoms with Gasteiger partial charge in [-0.3, -0.25) is 24.4 Å². The summed E-state index contributed by atoms with van der Waals surface area (Å²) in [4.78, 5) is 49.8. The lowest BCUT2D eigenvalue weighted by atomic mass is 9.91. The summed E-state index contributed by atoms with van der Waals surface area (Å²) in [6.07, 6.45) is 4.63. The van der Waals surface area contributed by atoms with Crippen molar-refractivity contribution in [2.45, 2.75) is 88.0 Å². The number of amides is 3. The van der Waals surface area contributed by atoms with Crippen LogP contribution < -0.4 is 44.6 Å². The van der Waals surface area contributed by atoms with Gasteiger partial charge in [-0.2, -0.15) is 0 Å². The Bertz CT molecular complexity index is 1940. The van der Waals surface area contributed by atoms with E-state index in [4.69, 9.17) is 28.7 Å². The Morgan fingerprint density at radius 1 is 0.596 bits per heavy atom. The first kappa shape index (κ1) is 41.9. The Morgan fingerprint density at radius 3 is 1.67 bits per heavy atom. The third-order valence-corrected chi connectivity index (χ3v) is 10.2. The third kappa shape index (κ3) is 13.5. The molecule has 4 aromatic carbocycles. The van der Waals surface area contributed by atoms with Crippen molar-refractivity contribution < 1.29 is 14.4 Å². The van der Waals surface area contributed by atoms with E-state index in [-0.39, 0.29) is 49.3 Å². The predicted molar refractivity (Wildman–Crippen MR) is 228 cm³/mol. The van der Waals surface area contributed by atoms with Crippen LogP contribution in [0, 0.1) is 0 Å². The summed E-state index contributed by atoms with van der Waals surface area (Å²) in [7, 11) is 0. The van der Waals surface area contributed by atoms with Gasteiger partial charge in [0.25, 0.3) is 0 Å². The quantitative estimate of drug-likeness (QED) is 0.0423. The molecule has 13 N–H and O–H groups in total. The molecule has 3 atom stereocenters. The maximum Gasteiger partial charge on any atom is 0.243 e. The van der Waals surface area contributed by atoms with Crippen molar-refractivity contribution in [3.8, 4) is 22.3 Å². The molecule has 1 saturated carbocycles. The first-order chi connectivity index (χ1) is 27.5. The maximum atomic E-state index is 14.1. The van der Waals surface area contributed by atoms with E-state index < -0.39 is 29.9 Å². The number of carbonyl (C=O) groups excluding carboxylic acids is 3. The lowest BCUT2D eigenvalue weighted by Gasteiger charge is -2.29. The van der Waals surface area contributed by atoms with Crippen LogP contribution in [0.2, 0.25) is 0 Å². The molecule has 1 aliphatic carbocycles. The highest BCUT2D eigenvalue weighted by Gasteiger charge is 2.30. The highest BCUT2D eigenvalue weighted by molar-refractivity contribution is 5.93. The number of nitrogens with zero attached hydrogens (tertiary/aromatic N) is 2. The second kappa shape index (κ2) is 21.2. The number of aliphatic imine (C=N–C) groups is 2. The molecule has 0 unspecified atom stereocenters. The van der Waals surface area contributed by atoms with E-state index in [0.29, 0.717) is 32.1 Å². The number of aryl methyl sites for hydroxylation is 1. The molecule has 0 spiro atoms. The van der Waals surface area contributed by atoms with Gasteiger partial charge in [0.1, 0.15) is 12.1 Å². The fourth-order valence-corrected chi connectivity index (χ4v) is 7.04. The second-order valence-corrected chi connectivity index (χ2v) is 14.6. The summed E-state index contributed by atoms with van der Waals surface area (Å²) in [5.74, 6) is -1.30. The zero-order valence-corrected chi connectivity index (χ0v) is 32.4. The Hall–Kier alpha value is -6.21. The molecule has 3 amide bonds. The molecule has 57 heavy (non-hydrogen) atoms. The molecule has 0 saturated heterocycles. The maximum absolute atomic E-state index is 14.1. The van der Waals surface area contributed by atoms with Crippen molar-refractivity contribution in [1.82, 2.24) is 16.0 Å². The first-order valence-electron chi connectivity index (χ1n) is 19.6. The number of nitrogens with one attached hydrogen (secondary N) is 3. The number of nitrogens with two attached hydrogens (primary N) is 5. The van der Waals surface area contributed by atoms with Crippen molar-refractivity contribution in [3.05, 3.63) is 120 Å². The summed E-state index contributed by atoms with van der Waals surface area (Å²) in [5, 5.41) is 8.96. The predicted octanol–water partition coefficient (Wildman–Crippen LogP) is 3.25. The third-order valence-electron chi connectivity index (χ3n) is 10.2. The molecule has 4 aromatic rings. The van der Waals surface area contributed by atoms with Crippen molar-refractivity contribution in [3.63, 3.8) is 0 Å². The van der Waals surface area contributed by atoms with E-state index in [2.05, 4.69) is 50.2 Å². The molecule has 0 radical (unpaired) electrons. The molecular weight excluding hydrogens is 717 g/mol. The number of carbonyl (C=O) groups is 3. The monoisotopic (exact) mass is 772 g/mol. The summed E-state index contributed by atoms with van der Waals surface area (Å²) in [5.41, 5.74) is 34.9. The summed E-state index contributed by atoms with van der Waals surface area (Å²) >= 11 is 0. The number of guanidine groups is 2. The second-order valence-electron chi connectivity index (χ2n) is 14.6. The topological polar surface area (TPSA) is 242 Å². The van der Waals surface area contributed by atoms with Gasteiger partial charge in [0.05, 0.1) is 12.1 Å². The molecule has 0 heterocycles. The SMILES string of the molecule is NC(N)=NCCC[C@H](NC(=O)[C@@H](N)CCc1ccc(-c2ccccc2)cc1)C(=O)N[C@@H](Cc1ccc(-c2ccccc2)cc1)C(=O)NC1CCC(N=C(N)N)CC1. The van der Waals surface area contributed by atoms with E-state index in [0.717, 1.165) is 46.2 Å². The van der Waals surface area contributed by atoms with Crippen LogP contribution in [-0.4, -0.2) is 66.4 Å². The van der Waals surface area contributed by atoms with Crippen LogP contribution in [0.4, 0.5) is 0 Å². The highest BCUT2D eigenvalue weighted by atomic mass is 16.2. The minimum atomic E-state index is -0.992. The minimum Gasteiger partial charge on any atom is -0.370 e. The summed E-state index contributed by atoms with van der Waals surface area (Å²) in [6.45, 7) is 0.257. The number of benzene rings is 4. The molecule has 1 fully saturated rings. The van der Waals surface area contributed by atoms with Gasteiger partial charge in [0.2, 0.25) is 17.7 Å². The van der Waals surface area contributed by atoms with Gasteiger partial charge in [-0.15, -0.1) is 0 Å². The first-order valence-corrected chi connectivity index (χ1v) is 19.6. The van der Waals surface area contributed by atoms with Gasteiger partial charge >= 0.3 is 0 Å². The molecule has 13 nitrogen and oxygen atoms in total. The normalized spacial score (nSPS) is 16.6. The smallest absolute Gasteiger partial charge is 0.243 e. The van der Waals surface area contributed by atoms with Crippen LogP contribution in [0.3, 0.4) is 0 Å². The lowest BCUT2D eigenvalue weighted by Crippen LogP contribution is -2.57. The van der Waals surface area contributed by atoms with Crippen LogP contribution in [-0.2, 0) is 27.2 Å². The molecule has 0 bridgehead atoms. The average Bonchev–Trinajstić information content (AvgIpc) is 3.22. The van der Waals surface area contributed by atoms with Gasteiger partial charge in [0, 0.05) is 19.0 Å². The molecule has 0 aliphatic heterocycles. The van der Waals surface area contributed by atoms with Crippen LogP contribution in [0.25, 0.3) is 22.3 Å². The average molecular weight is 773 g/mol. The fourth-order valence-electron chi connectivity index (χ4n) is 7.04. The Kier molecular flexibility index (Phi) is 15.6. The largest absolute Gasteiger partial charge is 0.370 e. The van der Waals surface area contributed by atoms with Crippen molar-refractivity contribution >= 4 is 29.6 Å². The van der Waals surface area contributed by atoms with Crippen LogP contribution in [0.5, 0.6) is 0 Å². The standard InChI is InChI=1S/C44H56N10O3/c45-37(26-17-29-13-18-33(19-14-29)31-8-3-1-4-9-31)40(55)53-38(12-7-27-50-43(46)47)41(56)54-39(42(57)51-35-22-24-36(25-23-35)52-44(48)49)28-30-15-20-34(21-16-30)32-10-5-2-6-11-32/h1-6,8-11,13-16,18-21,35-39H,7,12,17,22-28,45H2,(H,51,57)(H,53,55)(H,54,56)(H4,46,47,50)(H4,48,49,52)/t35?,36?,37-,38-,39-/m0/s1. The van der Waals surface area contributed by atoms with Gasteiger partial charge in [-0.1, -0.05) is 109 Å². The molecular formula is C44H56N10O3. The zero-order valence-electron chi connectivity index (χ0n) is 32.4. The highest BCUT2D eigenvalue weighted by Crippen LogP contribution is 2.23. The Balaban J connectivity index is 1.26. The minimum absolute atomic E-state index is 0.0108. The van der Waals surface area contributed by atoms with Crippen LogP contribution in [0.1, 0.15) is 56.1 Å². The summed E-state index contributed by atoms with van der Waals surface area (Å²) in [6, 6.07) is 33.3.